The Kier molecular flexibility index (Phi) is 3.89. The first kappa shape index (κ1) is 17.3. The third-order valence-corrected chi connectivity index (χ3v) is 7.57. The first-order valence-electron chi connectivity index (χ1n) is 9.72. The number of rotatable bonds is 5. The molecule has 1 N–H and O–H groups in total. The molecule has 1 aromatic carbocycles. The van der Waals surface area contributed by atoms with Crippen molar-refractivity contribution in [3.05, 3.63) is 59.8 Å². The van der Waals surface area contributed by atoms with E-state index in [1.807, 2.05) is 24.5 Å². The summed E-state index contributed by atoms with van der Waals surface area (Å²) in [5.41, 5.74) is 2.28. The van der Waals surface area contributed by atoms with E-state index in [1.165, 1.54) is 36.6 Å². The molecular weight excluding hydrogens is 354 g/mol. The number of carbonyl (C=O) groups is 1. The molecule has 3 aliphatic rings. The molecule has 140 valence electrons. The summed E-state index contributed by atoms with van der Waals surface area (Å²) in [4.78, 5) is 20.3. The number of amides is 1. The third-order valence-electron chi connectivity index (χ3n) is 6.85. The average Bonchev–Trinajstić information content (AvgIpc) is 2.83. The van der Waals surface area contributed by atoms with Gasteiger partial charge >= 0.3 is 0 Å². The van der Waals surface area contributed by atoms with Crippen LogP contribution in [0.3, 0.4) is 0 Å². The molecule has 0 aliphatic carbocycles. The lowest BCUT2D eigenvalue weighted by molar-refractivity contribution is -0.219. The maximum absolute atomic E-state index is 13.2. The number of aromatic nitrogens is 1. The second-order valence-electron chi connectivity index (χ2n) is 8.42. The molecule has 5 rings (SSSR count). The van der Waals surface area contributed by atoms with E-state index in [4.69, 9.17) is 0 Å². The van der Waals surface area contributed by atoms with Crippen LogP contribution in [0.2, 0.25) is 0 Å². The predicted molar refractivity (Wildman–Crippen MR) is 108 cm³/mol. The van der Waals surface area contributed by atoms with Crippen LogP contribution in [0.1, 0.15) is 54.6 Å². The lowest BCUT2D eigenvalue weighted by Crippen LogP contribution is -2.81. The van der Waals surface area contributed by atoms with E-state index in [1.54, 1.807) is 6.20 Å². The monoisotopic (exact) mass is 379 g/mol. The zero-order valence-electron chi connectivity index (χ0n) is 15.8. The van der Waals surface area contributed by atoms with Gasteiger partial charge in [-0.1, -0.05) is 30.3 Å². The molecule has 5 heteroatoms. The first-order valence-corrected chi connectivity index (χ1v) is 10.9. The first-order chi connectivity index (χ1) is 13.1. The van der Waals surface area contributed by atoms with E-state index >= 15 is 0 Å². The van der Waals surface area contributed by atoms with E-state index in [9.17, 15) is 4.79 Å². The summed E-state index contributed by atoms with van der Waals surface area (Å²) in [6, 6.07) is 14.9. The van der Waals surface area contributed by atoms with Gasteiger partial charge < -0.3 is 5.32 Å². The molecular formula is C22H25N3OS. The van der Waals surface area contributed by atoms with Crippen molar-refractivity contribution in [1.29, 1.82) is 0 Å². The highest BCUT2D eigenvalue weighted by molar-refractivity contribution is 7.98. The largest absolute Gasteiger partial charge is 0.343 e. The zero-order chi connectivity index (χ0) is 18.6. The highest BCUT2D eigenvalue weighted by atomic mass is 32.2. The highest BCUT2D eigenvalue weighted by Crippen LogP contribution is 2.67. The summed E-state index contributed by atoms with van der Waals surface area (Å²) < 4.78 is 0. The van der Waals surface area contributed by atoms with E-state index in [2.05, 4.69) is 46.4 Å². The lowest BCUT2D eigenvalue weighted by atomic mass is 9.59. The zero-order valence-corrected chi connectivity index (χ0v) is 16.6. The van der Waals surface area contributed by atoms with Gasteiger partial charge in [0.05, 0.1) is 11.6 Å². The Hall–Kier alpha value is -1.85. The molecule has 2 aromatic rings. The quantitative estimate of drug-likeness (QED) is 0.797. The number of piperidine rings is 1. The van der Waals surface area contributed by atoms with Crippen molar-refractivity contribution in [2.45, 2.75) is 60.8 Å². The van der Waals surface area contributed by atoms with Crippen LogP contribution >= 0.6 is 11.8 Å². The normalized spacial score (nSPS) is 32.1. The van der Waals surface area contributed by atoms with Crippen LogP contribution in [0, 0.1) is 0 Å². The van der Waals surface area contributed by atoms with Gasteiger partial charge in [0.2, 0.25) is 0 Å². The molecule has 4 nitrogen and oxygen atoms in total. The molecule has 0 radical (unpaired) electrons. The van der Waals surface area contributed by atoms with Crippen molar-refractivity contribution >= 4 is 17.7 Å². The fourth-order valence-corrected chi connectivity index (χ4v) is 6.63. The minimum absolute atomic E-state index is 0.0134. The summed E-state index contributed by atoms with van der Waals surface area (Å²) in [6.45, 7) is 2.38. The number of nitrogens with one attached hydrogen (secondary N) is 1. The standard InChI is InChI=1S/C22H25N3OS/c1-21-13-16-10-11-22(14-21,25(16)21)18(15-7-4-3-5-8-15)24-19(26)17-9-6-12-23-20(17)27-2/h3-9,12,16,18H,10-11,13-14H2,1-2H3,(H,24,26). The van der Waals surface area contributed by atoms with E-state index < -0.39 is 0 Å². The van der Waals surface area contributed by atoms with Gasteiger partial charge in [-0.25, -0.2) is 4.98 Å². The predicted octanol–water partition coefficient (Wildman–Crippen LogP) is 4.04. The molecule has 4 heterocycles. The molecule has 0 bridgehead atoms. The van der Waals surface area contributed by atoms with Crippen LogP contribution in [-0.4, -0.2) is 39.2 Å². The molecule has 1 aromatic heterocycles. The molecule has 1 amide bonds. The Morgan fingerprint density at radius 3 is 2.85 bits per heavy atom. The summed E-state index contributed by atoms with van der Waals surface area (Å²) in [7, 11) is 0. The smallest absolute Gasteiger partial charge is 0.254 e. The van der Waals surface area contributed by atoms with Crippen molar-refractivity contribution in [2.75, 3.05) is 6.26 Å². The van der Waals surface area contributed by atoms with Crippen molar-refractivity contribution < 1.29 is 4.79 Å². The molecule has 0 spiro atoms. The van der Waals surface area contributed by atoms with Crippen LogP contribution in [-0.2, 0) is 0 Å². The lowest BCUT2D eigenvalue weighted by Gasteiger charge is -2.73. The van der Waals surface area contributed by atoms with E-state index in [-0.39, 0.29) is 17.5 Å². The van der Waals surface area contributed by atoms with Crippen LogP contribution in [0.4, 0.5) is 0 Å². The van der Waals surface area contributed by atoms with Crippen molar-refractivity contribution in [2.24, 2.45) is 0 Å². The van der Waals surface area contributed by atoms with Crippen LogP contribution in [0.25, 0.3) is 0 Å². The summed E-state index contributed by atoms with van der Waals surface area (Å²) in [5.74, 6) is -0.0201. The Labute approximate surface area is 164 Å². The SMILES string of the molecule is CSc1ncccc1C(=O)NC(c1ccccc1)C12CCC3CC(C)(C1)N32. The molecule has 3 fully saturated rings. The van der Waals surface area contributed by atoms with E-state index in [0.717, 1.165) is 11.4 Å². The number of benzene rings is 1. The molecule has 3 saturated heterocycles. The third kappa shape index (κ3) is 2.41. The minimum Gasteiger partial charge on any atom is -0.343 e. The fourth-order valence-electron chi connectivity index (χ4n) is 6.09. The Balaban J connectivity index is 1.50. The van der Waals surface area contributed by atoms with Gasteiger partial charge in [0, 0.05) is 23.3 Å². The Bertz CT molecular complexity index is 888. The summed E-state index contributed by atoms with van der Waals surface area (Å²) in [6.07, 6.45) is 8.59. The topological polar surface area (TPSA) is 45.2 Å². The van der Waals surface area contributed by atoms with Gasteiger partial charge in [-0.3, -0.25) is 9.69 Å². The van der Waals surface area contributed by atoms with Gasteiger partial charge in [0.15, 0.2) is 0 Å². The number of hydrogen-bond donors (Lipinski definition) is 1. The average molecular weight is 380 g/mol. The Morgan fingerprint density at radius 2 is 2.11 bits per heavy atom. The Morgan fingerprint density at radius 1 is 1.30 bits per heavy atom. The number of carbonyl (C=O) groups excluding carboxylic acids is 1. The second-order valence-corrected chi connectivity index (χ2v) is 9.22. The van der Waals surface area contributed by atoms with Crippen molar-refractivity contribution in [1.82, 2.24) is 15.2 Å². The van der Waals surface area contributed by atoms with Gasteiger partial charge in [-0.2, -0.15) is 0 Å². The molecule has 4 unspecified atom stereocenters. The minimum atomic E-state index is -0.0201. The molecule has 4 atom stereocenters. The van der Waals surface area contributed by atoms with E-state index in [0.29, 0.717) is 17.1 Å². The summed E-state index contributed by atoms with van der Waals surface area (Å²) in [5, 5.41) is 4.20. The van der Waals surface area contributed by atoms with Crippen LogP contribution in [0.5, 0.6) is 0 Å². The highest BCUT2D eigenvalue weighted by Gasteiger charge is 2.73. The number of nitrogens with zero attached hydrogens (tertiary/aromatic N) is 2. The van der Waals surface area contributed by atoms with Crippen molar-refractivity contribution in [3.8, 4) is 0 Å². The molecule has 27 heavy (non-hydrogen) atoms. The molecule has 3 aliphatic heterocycles. The molecule has 0 saturated carbocycles. The number of hydrogen-bond acceptors (Lipinski definition) is 4. The van der Waals surface area contributed by atoms with Gasteiger partial charge in [0.1, 0.15) is 5.03 Å². The maximum Gasteiger partial charge on any atom is 0.254 e. The van der Waals surface area contributed by atoms with Crippen LogP contribution in [0.15, 0.2) is 53.7 Å². The van der Waals surface area contributed by atoms with Gasteiger partial charge in [-0.15, -0.1) is 11.8 Å². The van der Waals surface area contributed by atoms with Crippen molar-refractivity contribution in [3.63, 3.8) is 0 Å². The number of thioether (sulfide) groups is 1. The number of pyridine rings is 1. The van der Waals surface area contributed by atoms with Gasteiger partial charge in [0.25, 0.3) is 5.91 Å². The van der Waals surface area contributed by atoms with Gasteiger partial charge in [-0.05, 0) is 56.6 Å². The maximum atomic E-state index is 13.2. The summed E-state index contributed by atoms with van der Waals surface area (Å²) >= 11 is 1.52. The van der Waals surface area contributed by atoms with Crippen LogP contribution < -0.4 is 5.32 Å². The fraction of sp³-hybridized carbons (Fsp3) is 0.455. The second kappa shape index (κ2) is 6.08.